The Hall–Kier alpha value is -1.27. The van der Waals surface area contributed by atoms with Crippen molar-refractivity contribution in [2.24, 2.45) is 5.92 Å². The lowest BCUT2D eigenvalue weighted by molar-refractivity contribution is -0.175. The lowest BCUT2D eigenvalue weighted by atomic mass is 9.81. The van der Waals surface area contributed by atoms with Gasteiger partial charge >= 0.3 is 18.1 Å². The molecule has 7 heteroatoms. The third kappa shape index (κ3) is 3.39. The minimum atomic E-state index is -5.03. The fourth-order valence-electron chi connectivity index (χ4n) is 1.52. The van der Waals surface area contributed by atoms with E-state index in [0.29, 0.717) is 0 Å². The van der Waals surface area contributed by atoms with Crippen molar-refractivity contribution in [3.63, 3.8) is 0 Å². The minimum absolute atomic E-state index is 0.0666. The zero-order valence-corrected chi connectivity index (χ0v) is 8.38. The monoisotopic (exact) mass is 239 g/mol. The van der Waals surface area contributed by atoms with Crippen LogP contribution in [-0.4, -0.2) is 29.2 Å². The molecule has 1 fully saturated rings. The van der Waals surface area contributed by atoms with Gasteiger partial charge in [0, 0.05) is 0 Å². The summed E-state index contributed by atoms with van der Waals surface area (Å²) in [7, 11) is 0. The summed E-state index contributed by atoms with van der Waals surface area (Å²) < 4.78 is 35.7. The number of hydrogen-bond donors (Lipinski definition) is 2. The maximum atomic E-state index is 11.9. The Bertz CT molecular complexity index is 286. The van der Waals surface area contributed by atoms with Crippen LogP contribution in [0.2, 0.25) is 0 Å². The second kappa shape index (κ2) is 4.71. The summed E-state index contributed by atoms with van der Waals surface area (Å²) in [6.45, 7) is 0. The predicted molar refractivity (Wildman–Crippen MR) is 47.6 cm³/mol. The molecule has 92 valence electrons. The van der Waals surface area contributed by atoms with E-state index in [2.05, 4.69) is 0 Å². The first kappa shape index (κ1) is 12.8. The summed E-state index contributed by atoms with van der Waals surface area (Å²) >= 11 is 0. The van der Waals surface area contributed by atoms with Crippen molar-refractivity contribution in [3.05, 3.63) is 0 Å². The molecule has 0 aromatic carbocycles. The summed E-state index contributed by atoms with van der Waals surface area (Å²) in [4.78, 5) is 21.2. The van der Waals surface area contributed by atoms with Gasteiger partial charge in [0.05, 0.1) is 0 Å². The summed E-state index contributed by atoms with van der Waals surface area (Å²) in [5.74, 6) is -3.52. The van der Waals surface area contributed by atoms with Gasteiger partial charge in [-0.2, -0.15) is 13.2 Å². The van der Waals surface area contributed by atoms with E-state index in [1.54, 1.807) is 0 Å². The molecular formula is C9H12F3NO3. The predicted octanol–water partition coefficient (Wildman–Crippen LogP) is 1.31. The zero-order valence-electron chi connectivity index (χ0n) is 8.38. The van der Waals surface area contributed by atoms with Crippen molar-refractivity contribution in [2.75, 3.05) is 0 Å². The van der Waals surface area contributed by atoms with Gasteiger partial charge in [0.2, 0.25) is 0 Å². The molecule has 1 saturated carbocycles. The van der Waals surface area contributed by atoms with E-state index < -0.39 is 24.1 Å². The van der Waals surface area contributed by atoms with Crippen LogP contribution < -0.4 is 5.32 Å². The number of rotatable bonds is 4. The highest BCUT2D eigenvalue weighted by Crippen LogP contribution is 2.30. The van der Waals surface area contributed by atoms with Gasteiger partial charge in [-0.05, 0) is 12.3 Å². The summed E-state index contributed by atoms with van der Waals surface area (Å²) in [6.07, 6.45) is -2.38. The highest BCUT2D eigenvalue weighted by molar-refractivity contribution is 5.86. The number of carbonyl (C=O) groups is 2. The number of carbonyl (C=O) groups excluding carboxylic acids is 1. The van der Waals surface area contributed by atoms with E-state index in [9.17, 15) is 22.8 Å². The van der Waals surface area contributed by atoms with E-state index in [0.717, 1.165) is 19.3 Å². The van der Waals surface area contributed by atoms with Crippen LogP contribution in [0.3, 0.4) is 0 Å². The van der Waals surface area contributed by atoms with Crippen LogP contribution in [0.5, 0.6) is 0 Å². The molecule has 1 aliphatic rings. The fraction of sp³-hybridized carbons (Fsp3) is 0.778. The van der Waals surface area contributed by atoms with Gasteiger partial charge in [-0.3, -0.25) is 4.79 Å². The Morgan fingerprint density at radius 2 is 1.94 bits per heavy atom. The molecule has 0 bridgehead atoms. The van der Waals surface area contributed by atoms with E-state index in [4.69, 9.17) is 5.11 Å². The van der Waals surface area contributed by atoms with Crippen LogP contribution in [0, 0.1) is 5.92 Å². The number of alkyl halides is 3. The number of aliphatic carboxylic acids is 1. The topological polar surface area (TPSA) is 66.4 Å². The molecular weight excluding hydrogens is 227 g/mol. The highest BCUT2D eigenvalue weighted by Gasteiger charge is 2.41. The van der Waals surface area contributed by atoms with E-state index >= 15 is 0 Å². The fourth-order valence-corrected chi connectivity index (χ4v) is 1.52. The van der Waals surface area contributed by atoms with Gasteiger partial charge in [-0.25, -0.2) is 4.79 Å². The number of hydrogen-bond acceptors (Lipinski definition) is 2. The largest absolute Gasteiger partial charge is 0.480 e. The molecule has 0 unspecified atom stereocenters. The lowest BCUT2D eigenvalue weighted by Crippen LogP contribution is -2.48. The molecule has 0 aliphatic heterocycles. The summed E-state index contributed by atoms with van der Waals surface area (Å²) in [5.41, 5.74) is 0. The van der Waals surface area contributed by atoms with Crippen molar-refractivity contribution in [3.8, 4) is 0 Å². The maximum absolute atomic E-state index is 11.9. The normalized spacial score (nSPS) is 18.7. The SMILES string of the molecule is O=C(O)[C@@H](CC1CCC1)NC(=O)C(F)(F)F. The van der Waals surface area contributed by atoms with E-state index in [-0.39, 0.29) is 12.3 Å². The first-order chi connectivity index (χ1) is 7.30. The Morgan fingerprint density at radius 1 is 1.38 bits per heavy atom. The van der Waals surface area contributed by atoms with Crippen molar-refractivity contribution >= 4 is 11.9 Å². The van der Waals surface area contributed by atoms with Gasteiger partial charge in [-0.15, -0.1) is 0 Å². The minimum Gasteiger partial charge on any atom is -0.480 e. The van der Waals surface area contributed by atoms with Crippen LogP contribution in [-0.2, 0) is 9.59 Å². The van der Waals surface area contributed by atoms with Gasteiger partial charge in [0.1, 0.15) is 6.04 Å². The average Bonchev–Trinajstić information content (AvgIpc) is 2.06. The molecule has 4 nitrogen and oxygen atoms in total. The smallest absolute Gasteiger partial charge is 0.471 e. The quantitative estimate of drug-likeness (QED) is 0.777. The second-order valence-corrected chi connectivity index (χ2v) is 3.89. The van der Waals surface area contributed by atoms with Crippen molar-refractivity contribution in [1.29, 1.82) is 0 Å². The maximum Gasteiger partial charge on any atom is 0.471 e. The molecule has 0 aromatic heterocycles. The zero-order chi connectivity index (χ0) is 12.3. The van der Waals surface area contributed by atoms with Crippen LogP contribution >= 0.6 is 0 Å². The highest BCUT2D eigenvalue weighted by atomic mass is 19.4. The third-order valence-corrected chi connectivity index (χ3v) is 2.65. The summed E-state index contributed by atoms with van der Waals surface area (Å²) in [5, 5.41) is 10.2. The molecule has 1 aliphatic carbocycles. The van der Waals surface area contributed by atoms with Crippen molar-refractivity contribution in [2.45, 2.75) is 37.9 Å². The summed E-state index contributed by atoms with van der Waals surface area (Å²) in [6, 6.07) is -1.44. The van der Waals surface area contributed by atoms with E-state index in [1.165, 1.54) is 5.32 Å². The Labute approximate surface area is 89.8 Å². The molecule has 2 N–H and O–H groups in total. The molecule has 0 saturated heterocycles. The van der Waals surface area contributed by atoms with Gasteiger partial charge in [-0.1, -0.05) is 19.3 Å². The number of nitrogens with one attached hydrogen (secondary N) is 1. The number of halogens is 3. The third-order valence-electron chi connectivity index (χ3n) is 2.65. The van der Waals surface area contributed by atoms with Crippen LogP contribution in [0.4, 0.5) is 13.2 Å². The standard InChI is InChI=1S/C9H12F3NO3/c10-9(11,12)8(16)13-6(7(14)15)4-5-2-1-3-5/h5-6H,1-4H2,(H,13,16)(H,14,15)/t6-/m1/s1. The van der Waals surface area contributed by atoms with Crippen LogP contribution in [0.1, 0.15) is 25.7 Å². The lowest BCUT2D eigenvalue weighted by Gasteiger charge is -2.28. The first-order valence-electron chi connectivity index (χ1n) is 4.91. The van der Waals surface area contributed by atoms with Crippen LogP contribution in [0.15, 0.2) is 0 Å². The second-order valence-electron chi connectivity index (χ2n) is 3.89. The Balaban J connectivity index is 2.50. The van der Waals surface area contributed by atoms with Crippen LogP contribution in [0.25, 0.3) is 0 Å². The molecule has 0 spiro atoms. The number of carboxylic acids is 1. The van der Waals surface area contributed by atoms with Gasteiger partial charge in [0.15, 0.2) is 0 Å². The molecule has 0 aromatic rings. The van der Waals surface area contributed by atoms with Gasteiger partial charge in [0.25, 0.3) is 0 Å². The molecule has 1 atom stereocenters. The molecule has 0 heterocycles. The average molecular weight is 239 g/mol. The van der Waals surface area contributed by atoms with E-state index in [1.807, 2.05) is 0 Å². The Kier molecular flexibility index (Phi) is 3.77. The molecule has 0 radical (unpaired) electrons. The number of carboxylic acid groups (broad SMARTS) is 1. The molecule has 1 amide bonds. The molecule has 1 rings (SSSR count). The van der Waals surface area contributed by atoms with Crippen molar-refractivity contribution < 1.29 is 27.9 Å². The molecule has 16 heavy (non-hydrogen) atoms. The Morgan fingerprint density at radius 3 is 2.25 bits per heavy atom. The number of amides is 1. The first-order valence-corrected chi connectivity index (χ1v) is 4.91. The van der Waals surface area contributed by atoms with Gasteiger partial charge < -0.3 is 10.4 Å². The van der Waals surface area contributed by atoms with Crippen molar-refractivity contribution in [1.82, 2.24) is 5.32 Å².